The van der Waals surface area contributed by atoms with Crippen LogP contribution in [0.15, 0.2) is 65.6 Å². The number of rotatable bonds is 14. The van der Waals surface area contributed by atoms with Gasteiger partial charge >= 0.3 is 0 Å². The summed E-state index contributed by atoms with van der Waals surface area (Å²) in [5, 5.41) is 15.2. The third-order valence-corrected chi connectivity index (χ3v) is 9.70. The first-order valence-electron chi connectivity index (χ1n) is 14.2. The van der Waals surface area contributed by atoms with Gasteiger partial charge in [-0.3, -0.25) is 24.0 Å². The number of nitro benzene ring substituents is 1. The molecular weight excluding hydrogens is 643 g/mol. The number of amides is 2. The summed E-state index contributed by atoms with van der Waals surface area (Å²) in [6, 6.07) is 13.1. The molecule has 14 heteroatoms. The van der Waals surface area contributed by atoms with Crippen LogP contribution in [0, 0.1) is 17.0 Å². The van der Waals surface area contributed by atoms with Crippen molar-refractivity contribution in [3.8, 4) is 5.75 Å². The van der Waals surface area contributed by atoms with Gasteiger partial charge in [-0.05, 0) is 74.7 Å². The van der Waals surface area contributed by atoms with E-state index in [1.54, 1.807) is 19.1 Å². The number of ether oxygens (including phenoxy) is 1. The van der Waals surface area contributed by atoms with E-state index in [1.807, 2.05) is 13.8 Å². The average Bonchev–Trinajstić information content (AvgIpc) is 3.00. The van der Waals surface area contributed by atoms with Gasteiger partial charge < -0.3 is 15.0 Å². The zero-order chi connectivity index (χ0) is 33.5. The predicted octanol–water partition coefficient (Wildman–Crippen LogP) is 6.14. The zero-order valence-electron chi connectivity index (χ0n) is 25.6. The maximum atomic E-state index is 14.2. The zero-order valence-corrected chi connectivity index (χ0v) is 27.9. The Balaban J connectivity index is 2.14. The molecule has 0 saturated carbocycles. The summed E-state index contributed by atoms with van der Waals surface area (Å²) in [4.78, 5) is 39.5. The van der Waals surface area contributed by atoms with Gasteiger partial charge in [0, 0.05) is 34.3 Å². The lowest BCUT2D eigenvalue weighted by molar-refractivity contribution is -0.385. The fourth-order valence-electron chi connectivity index (χ4n) is 4.54. The number of nitrogens with zero attached hydrogens (tertiary/aromatic N) is 3. The highest BCUT2D eigenvalue weighted by Gasteiger charge is 2.35. The summed E-state index contributed by atoms with van der Waals surface area (Å²) in [5.41, 5.74) is 0.491. The number of sulfonamides is 1. The van der Waals surface area contributed by atoms with Crippen LogP contribution >= 0.6 is 23.2 Å². The van der Waals surface area contributed by atoms with Crippen LogP contribution in [0.2, 0.25) is 10.0 Å². The average molecular weight is 680 g/mol. The number of nitro groups is 1. The van der Waals surface area contributed by atoms with Gasteiger partial charge in [-0.2, -0.15) is 0 Å². The molecule has 0 aliphatic carbocycles. The van der Waals surface area contributed by atoms with Crippen LogP contribution in [0.1, 0.15) is 44.7 Å². The number of halogens is 2. The highest BCUT2D eigenvalue weighted by Crippen LogP contribution is 2.30. The molecule has 1 N–H and O–H groups in total. The molecular formula is C31H36Cl2N4O7S. The summed E-state index contributed by atoms with van der Waals surface area (Å²) in [5.74, 6) is -0.661. The molecule has 3 aromatic rings. The van der Waals surface area contributed by atoms with E-state index in [4.69, 9.17) is 27.9 Å². The van der Waals surface area contributed by atoms with Crippen LogP contribution in [-0.4, -0.2) is 55.8 Å². The number of methoxy groups -OCH3 is 1. The molecule has 0 aliphatic rings. The summed E-state index contributed by atoms with van der Waals surface area (Å²) < 4.78 is 34.3. The van der Waals surface area contributed by atoms with Crippen LogP contribution < -0.4 is 14.4 Å². The molecule has 3 rings (SSSR count). The number of anilines is 1. The van der Waals surface area contributed by atoms with Crippen molar-refractivity contribution in [2.24, 2.45) is 0 Å². The summed E-state index contributed by atoms with van der Waals surface area (Å²) >= 11 is 12.5. The molecule has 2 atom stereocenters. The minimum absolute atomic E-state index is 0.106. The molecule has 45 heavy (non-hydrogen) atoms. The molecule has 2 amide bonds. The second kappa shape index (κ2) is 15.4. The van der Waals surface area contributed by atoms with E-state index < -0.39 is 39.3 Å². The first-order chi connectivity index (χ1) is 21.2. The van der Waals surface area contributed by atoms with E-state index in [-0.39, 0.29) is 45.9 Å². The fourth-order valence-corrected chi connectivity index (χ4v) is 6.45. The minimum atomic E-state index is -4.54. The van der Waals surface area contributed by atoms with Crippen molar-refractivity contribution >= 4 is 56.4 Å². The number of hydrogen-bond acceptors (Lipinski definition) is 7. The second-order valence-electron chi connectivity index (χ2n) is 10.4. The molecule has 0 radical (unpaired) electrons. The lowest BCUT2D eigenvalue weighted by Crippen LogP contribution is -2.53. The molecule has 242 valence electrons. The number of carbonyl (C=O) groups excluding carboxylic acids is 2. The Morgan fingerprint density at radius 3 is 2.24 bits per heavy atom. The van der Waals surface area contributed by atoms with Crippen LogP contribution in [0.25, 0.3) is 0 Å². The topological polar surface area (TPSA) is 139 Å². The van der Waals surface area contributed by atoms with Crippen LogP contribution in [-0.2, 0) is 26.2 Å². The summed E-state index contributed by atoms with van der Waals surface area (Å²) in [7, 11) is -3.09. The monoisotopic (exact) mass is 678 g/mol. The van der Waals surface area contributed by atoms with Gasteiger partial charge in [0.2, 0.25) is 11.8 Å². The van der Waals surface area contributed by atoms with Crippen LogP contribution in [0.3, 0.4) is 0 Å². The highest BCUT2D eigenvalue weighted by atomic mass is 35.5. The van der Waals surface area contributed by atoms with Gasteiger partial charge in [-0.15, -0.1) is 0 Å². The maximum Gasteiger partial charge on any atom is 0.273 e. The third-order valence-electron chi connectivity index (χ3n) is 7.35. The van der Waals surface area contributed by atoms with Gasteiger partial charge in [0.25, 0.3) is 15.7 Å². The molecule has 0 saturated heterocycles. The first kappa shape index (κ1) is 35.6. The Morgan fingerprint density at radius 1 is 1.02 bits per heavy atom. The van der Waals surface area contributed by atoms with Gasteiger partial charge in [0.05, 0.1) is 22.6 Å². The molecule has 0 fully saturated rings. The van der Waals surface area contributed by atoms with Crippen molar-refractivity contribution in [1.82, 2.24) is 10.2 Å². The number of benzene rings is 3. The van der Waals surface area contributed by atoms with E-state index in [2.05, 4.69) is 5.32 Å². The first-order valence-corrected chi connectivity index (χ1v) is 16.4. The molecule has 0 bridgehead atoms. The predicted molar refractivity (Wildman–Crippen MR) is 174 cm³/mol. The standard InChI is InChI=1S/C31H36Cl2N4O7S/c1-6-21(4)34-31(39)28(7-2)35(18-22-9-10-23(32)16-27(22)33)30(38)19-36(24-11-13-25(44-5)14-12-24)45(42,43)26-15-8-20(3)29(17-26)37(40)41/h8-17,21,28H,6-7,18-19H2,1-5H3,(H,34,39)/t21-,28+/m1/s1. The van der Waals surface area contributed by atoms with Gasteiger partial charge in [0.15, 0.2) is 0 Å². The second-order valence-corrected chi connectivity index (χ2v) is 13.1. The van der Waals surface area contributed by atoms with Crippen molar-refractivity contribution < 1.29 is 27.7 Å². The third kappa shape index (κ3) is 8.65. The molecule has 0 aliphatic heterocycles. The molecule has 0 heterocycles. The van der Waals surface area contributed by atoms with E-state index in [0.29, 0.717) is 22.8 Å². The summed E-state index contributed by atoms with van der Waals surface area (Å²) in [6.45, 7) is 6.14. The Morgan fingerprint density at radius 2 is 1.69 bits per heavy atom. The lowest BCUT2D eigenvalue weighted by Gasteiger charge is -2.34. The van der Waals surface area contributed by atoms with E-state index in [9.17, 15) is 28.1 Å². The van der Waals surface area contributed by atoms with Crippen molar-refractivity contribution in [2.45, 2.75) is 64.1 Å². The number of carbonyl (C=O) groups is 2. The molecule has 0 unspecified atom stereocenters. The normalized spacial score (nSPS) is 12.6. The van der Waals surface area contributed by atoms with Crippen molar-refractivity contribution in [3.05, 3.63) is 92.0 Å². The lowest BCUT2D eigenvalue weighted by atomic mass is 10.1. The Hall–Kier alpha value is -3.87. The van der Waals surface area contributed by atoms with Crippen molar-refractivity contribution in [1.29, 1.82) is 0 Å². The Kier molecular flexibility index (Phi) is 12.2. The van der Waals surface area contributed by atoms with Gasteiger partial charge in [-0.1, -0.05) is 49.2 Å². The van der Waals surface area contributed by atoms with Crippen LogP contribution in [0.4, 0.5) is 11.4 Å². The van der Waals surface area contributed by atoms with Gasteiger partial charge in [-0.25, -0.2) is 8.42 Å². The number of hydrogen-bond donors (Lipinski definition) is 1. The number of aryl methyl sites for hydroxylation is 1. The van der Waals surface area contributed by atoms with E-state index in [0.717, 1.165) is 10.4 Å². The van der Waals surface area contributed by atoms with Crippen molar-refractivity contribution in [2.75, 3.05) is 18.0 Å². The van der Waals surface area contributed by atoms with Crippen LogP contribution in [0.5, 0.6) is 5.75 Å². The molecule has 3 aromatic carbocycles. The quantitative estimate of drug-likeness (QED) is 0.160. The Labute approximate surface area is 273 Å². The number of nitrogens with one attached hydrogen (secondary N) is 1. The van der Waals surface area contributed by atoms with Crippen molar-refractivity contribution in [3.63, 3.8) is 0 Å². The molecule has 0 spiro atoms. The smallest absolute Gasteiger partial charge is 0.273 e. The molecule has 0 aromatic heterocycles. The maximum absolute atomic E-state index is 14.2. The van der Waals surface area contributed by atoms with Gasteiger partial charge in [0.1, 0.15) is 18.3 Å². The van der Waals surface area contributed by atoms with E-state index in [1.165, 1.54) is 61.4 Å². The van der Waals surface area contributed by atoms with E-state index >= 15 is 0 Å². The minimum Gasteiger partial charge on any atom is -0.497 e. The Bertz CT molecular complexity index is 1650. The SMILES string of the molecule is CC[C@@H](C)NC(=O)[C@H](CC)N(Cc1ccc(Cl)cc1Cl)C(=O)CN(c1ccc(OC)cc1)S(=O)(=O)c1ccc(C)c([N+](=O)[O-])c1. The highest BCUT2D eigenvalue weighted by molar-refractivity contribution is 7.92. The summed E-state index contributed by atoms with van der Waals surface area (Å²) in [6.07, 6.45) is 0.879. The largest absolute Gasteiger partial charge is 0.497 e. The fraction of sp³-hybridized carbons (Fsp3) is 0.355. The molecule has 11 nitrogen and oxygen atoms in total.